The molecule has 3 rings (SSSR count). The third-order valence-electron chi connectivity index (χ3n) is 5.30. The molecule has 2 atom stereocenters. The summed E-state index contributed by atoms with van der Waals surface area (Å²) in [5, 5.41) is 0. The molecule has 0 spiro atoms. The quantitative estimate of drug-likeness (QED) is 0.750. The molecule has 5 nitrogen and oxygen atoms in total. The molecule has 1 aliphatic heterocycles. The number of benzene rings is 1. The Morgan fingerprint density at radius 3 is 2.67 bits per heavy atom. The highest BCUT2D eigenvalue weighted by molar-refractivity contribution is 6.12. The predicted molar refractivity (Wildman–Crippen MR) is 104 cm³/mol. The van der Waals surface area contributed by atoms with Crippen molar-refractivity contribution in [1.29, 1.82) is 0 Å². The molecule has 0 saturated heterocycles. The van der Waals surface area contributed by atoms with E-state index in [2.05, 4.69) is 18.8 Å². The van der Waals surface area contributed by atoms with Gasteiger partial charge in [0, 0.05) is 23.7 Å². The van der Waals surface area contributed by atoms with Gasteiger partial charge in [-0.15, -0.1) is 0 Å². The SMILES string of the molecule is CCOc1cccc([C@@H]2C(C(=O)OC)=C(C)N=C3CC(C)(C)CC(=O)C32)c1. The van der Waals surface area contributed by atoms with Crippen LogP contribution >= 0.6 is 0 Å². The lowest BCUT2D eigenvalue weighted by atomic mass is 9.63. The molecule has 2 aliphatic rings. The van der Waals surface area contributed by atoms with Crippen molar-refractivity contribution < 1.29 is 19.1 Å². The molecule has 0 amide bonds. The summed E-state index contributed by atoms with van der Waals surface area (Å²) in [6, 6.07) is 7.64. The molecule has 144 valence electrons. The number of fused-ring (bicyclic) bond motifs is 1. The van der Waals surface area contributed by atoms with Crippen LogP contribution in [0.5, 0.6) is 5.75 Å². The molecule has 1 aliphatic carbocycles. The number of methoxy groups -OCH3 is 1. The predicted octanol–water partition coefficient (Wildman–Crippen LogP) is 4.08. The van der Waals surface area contributed by atoms with E-state index in [1.54, 1.807) is 0 Å². The van der Waals surface area contributed by atoms with E-state index in [0.717, 1.165) is 23.4 Å². The van der Waals surface area contributed by atoms with E-state index in [9.17, 15) is 9.59 Å². The van der Waals surface area contributed by atoms with Crippen molar-refractivity contribution in [3.8, 4) is 5.75 Å². The fourth-order valence-electron chi connectivity index (χ4n) is 4.29. The largest absolute Gasteiger partial charge is 0.494 e. The third-order valence-corrected chi connectivity index (χ3v) is 5.30. The summed E-state index contributed by atoms with van der Waals surface area (Å²) in [4.78, 5) is 30.4. The Morgan fingerprint density at radius 2 is 2.00 bits per heavy atom. The zero-order valence-electron chi connectivity index (χ0n) is 16.7. The number of carbonyl (C=O) groups is 2. The first-order chi connectivity index (χ1) is 12.8. The monoisotopic (exact) mass is 369 g/mol. The molecule has 1 aromatic carbocycles. The molecular formula is C22H27NO4. The molecule has 1 fully saturated rings. The Kier molecular flexibility index (Phi) is 5.22. The minimum absolute atomic E-state index is 0.118. The molecule has 1 saturated carbocycles. The molecule has 5 heteroatoms. The van der Waals surface area contributed by atoms with Crippen molar-refractivity contribution in [2.45, 2.75) is 46.5 Å². The van der Waals surface area contributed by atoms with Gasteiger partial charge in [0.2, 0.25) is 0 Å². The number of ketones is 1. The molecule has 0 radical (unpaired) electrons. The number of nitrogens with zero attached hydrogens (tertiary/aromatic N) is 1. The summed E-state index contributed by atoms with van der Waals surface area (Å²) in [5.74, 6) is -0.392. The van der Waals surface area contributed by atoms with Crippen molar-refractivity contribution in [2.24, 2.45) is 16.3 Å². The van der Waals surface area contributed by atoms with Crippen LogP contribution in [0.15, 0.2) is 40.5 Å². The summed E-state index contributed by atoms with van der Waals surface area (Å²) in [6.45, 7) is 8.47. The summed E-state index contributed by atoms with van der Waals surface area (Å²) in [6.07, 6.45) is 1.22. The number of ether oxygens (including phenoxy) is 2. The maximum atomic E-state index is 13.1. The number of carbonyl (C=O) groups excluding carboxylic acids is 2. The van der Waals surface area contributed by atoms with E-state index in [1.807, 2.05) is 38.1 Å². The fraction of sp³-hybridized carbons (Fsp3) is 0.500. The Hall–Kier alpha value is -2.43. The number of hydrogen-bond acceptors (Lipinski definition) is 5. The number of hydrogen-bond donors (Lipinski definition) is 0. The normalized spacial score (nSPS) is 24.2. The maximum absolute atomic E-state index is 13.1. The van der Waals surface area contributed by atoms with Gasteiger partial charge in [0.1, 0.15) is 11.5 Å². The number of rotatable bonds is 4. The second kappa shape index (κ2) is 7.29. The van der Waals surface area contributed by atoms with Crippen LogP contribution in [0.4, 0.5) is 0 Å². The first-order valence-electron chi connectivity index (χ1n) is 9.39. The molecular weight excluding hydrogens is 342 g/mol. The zero-order chi connectivity index (χ0) is 19.8. The van der Waals surface area contributed by atoms with E-state index in [1.165, 1.54) is 7.11 Å². The van der Waals surface area contributed by atoms with E-state index in [4.69, 9.17) is 9.47 Å². The van der Waals surface area contributed by atoms with Crippen molar-refractivity contribution in [1.82, 2.24) is 0 Å². The van der Waals surface area contributed by atoms with Gasteiger partial charge >= 0.3 is 5.97 Å². The summed E-state index contributed by atoms with van der Waals surface area (Å²) in [5.41, 5.74) is 2.73. The highest BCUT2D eigenvalue weighted by Crippen LogP contribution is 2.47. The van der Waals surface area contributed by atoms with Crippen molar-refractivity contribution >= 4 is 17.5 Å². The Morgan fingerprint density at radius 1 is 1.26 bits per heavy atom. The summed E-state index contributed by atoms with van der Waals surface area (Å²) in [7, 11) is 1.36. The zero-order valence-corrected chi connectivity index (χ0v) is 16.7. The molecule has 27 heavy (non-hydrogen) atoms. The maximum Gasteiger partial charge on any atom is 0.336 e. The average Bonchev–Trinajstić information content (AvgIpc) is 2.59. The van der Waals surface area contributed by atoms with E-state index >= 15 is 0 Å². The minimum atomic E-state index is -0.431. The molecule has 1 unspecified atom stereocenters. The standard InChI is InChI=1S/C22H27NO4/c1-6-27-15-9-7-8-14(10-15)19-18(21(25)26-5)13(2)23-16-11-22(3,4)12-17(24)20(16)19/h7-10,19-20H,6,11-12H2,1-5H3/t19-,20?/m1/s1. The van der Waals surface area contributed by atoms with Gasteiger partial charge in [-0.2, -0.15) is 0 Å². The van der Waals surface area contributed by atoms with Gasteiger partial charge in [-0.3, -0.25) is 9.79 Å². The van der Waals surface area contributed by atoms with E-state index < -0.39 is 17.8 Å². The van der Waals surface area contributed by atoms with E-state index in [0.29, 0.717) is 24.3 Å². The Bertz CT molecular complexity index is 834. The number of aliphatic imine (C=N–C) groups is 1. The number of Topliss-reactive ketones (excluding diaryl/α,β-unsaturated/α-hetero) is 1. The third kappa shape index (κ3) is 3.68. The van der Waals surface area contributed by atoms with Gasteiger partial charge in [0.05, 0.1) is 25.2 Å². The van der Waals surface area contributed by atoms with Crippen LogP contribution in [0, 0.1) is 11.3 Å². The van der Waals surface area contributed by atoms with Gasteiger partial charge in [0.15, 0.2) is 0 Å². The van der Waals surface area contributed by atoms with Crippen LogP contribution in [-0.4, -0.2) is 31.2 Å². The lowest BCUT2D eigenvalue weighted by Crippen LogP contribution is -2.44. The molecule has 0 bridgehead atoms. The Balaban J connectivity index is 2.16. The highest BCUT2D eigenvalue weighted by Gasteiger charge is 2.47. The van der Waals surface area contributed by atoms with Crippen LogP contribution in [-0.2, 0) is 14.3 Å². The smallest absolute Gasteiger partial charge is 0.336 e. The number of allylic oxidation sites excluding steroid dienone is 1. The second-order valence-corrected chi connectivity index (χ2v) is 8.04. The lowest BCUT2D eigenvalue weighted by Gasteiger charge is -2.41. The summed E-state index contributed by atoms with van der Waals surface area (Å²) < 4.78 is 10.7. The van der Waals surface area contributed by atoms with E-state index in [-0.39, 0.29) is 11.2 Å². The fourth-order valence-corrected chi connectivity index (χ4v) is 4.29. The topological polar surface area (TPSA) is 65.0 Å². The molecule has 1 aromatic rings. The Labute approximate surface area is 160 Å². The molecule has 1 heterocycles. The van der Waals surface area contributed by atoms with Crippen LogP contribution in [0.2, 0.25) is 0 Å². The van der Waals surface area contributed by atoms with Gasteiger partial charge in [-0.1, -0.05) is 26.0 Å². The minimum Gasteiger partial charge on any atom is -0.494 e. The lowest BCUT2D eigenvalue weighted by molar-refractivity contribution is -0.136. The molecule has 0 aromatic heterocycles. The van der Waals surface area contributed by atoms with Gasteiger partial charge in [-0.25, -0.2) is 4.79 Å². The first kappa shape index (κ1) is 19.3. The van der Waals surface area contributed by atoms with Crippen molar-refractivity contribution in [3.63, 3.8) is 0 Å². The average molecular weight is 369 g/mol. The second-order valence-electron chi connectivity index (χ2n) is 8.04. The molecule has 0 N–H and O–H groups in total. The van der Waals surface area contributed by atoms with Gasteiger partial charge < -0.3 is 9.47 Å². The van der Waals surface area contributed by atoms with Gasteiger partial charge in [0.25, 0.3) is 0 Å². The van der Waals surface area contributed by atoms with Crippen LogP contribution in [0.3, 0.4) is 0 Å². The first-order valence-corrected chi connectivity index (χ1v) is 9.39. The number of esters is 1. The van der Waals surface area contributed by atoms with Crippen molar-refractivity contribution in [3.05, 3.63) is 41.1 Å². The summed E-state index contributed by atoms with van der Waals surface area (Å²) >= 11 is 0. The van der Waals surface area contributed by atoms with Gasteiger partial charge in [-0.05, 0) is 43.4 Å². The van der Waals surface area contributed by atoms with Crippen LogP contribution in [0.1, 0.15) is 52.0 Å². The highest BCUT2D eigenvalue weighted by atomic mass is 16.5. The van der Waals surface area contributed by atoms with Crippen LogP contribution in [0.25, 0.3) is 0 Å². The van der Waals surface area contributed by atoms with Crippen molar-refractivity contribution in [2.75, 3.05) is 13.7 Å². The van der Waals surface area contributed by atoms with Crippen LogP contribution < -0.4 is 4.74 Å².